The van der Waals surface area contributed by atoms with E-state index in [9.17, 15) is 18.0 Å². The Bertz CT molecular complexity index is 947. The highest BCUT2D eigenvalue weighted by atomic mass is 35.5. The number of hydrogen-bond acceptors (Lipinski definition) is 5. The van der Waals surface area contributed by atoms with Crippen molar-refractivity contribution in [1.29, 1.82) is 5.26 Å². The van der Waals surface area contributed by atoms with Gasteiger partial charge in [0.25, 0.3) is 5.91 Å². The minimum Gasteiger partial charge on any atom is -0.354 e. The zero-order valence-electron chi connectivity index (χ0n) is 14.6. The van der Waals surface area contributed by atoms with Crippen LogP contribution in [0.1, 0.15) is 35.2 Å². The quantitative estimate of drug-likeness (QED) is 0.828. The molecule has 0 saturated carbocycles. The van der Waals surface area contributed by atoms with Gasteiger partial charge in [0.05, 0.1) is 11.1 Å². The van der Waals surface area contributed by atoms with E-state index in [4.69, 9.17) is 16.9 Å². The van der Waals surface area contributed by atoms with Gasteiger partial charge in [-0.15, -0.1) is 10.2 Å². The van der Waals surface area contributed by atoms with Gasteiger partial charge in [-0.05, 0) is 30.7 Å². The van der Waals surface area contributed by atoms with E-state index >= 15 is 0 Å². The second-order valence-electron chi connectivity index (χ2n) is 6.36. The fraction of sp³-hybridized carbons (Fsp3) is 0.333. The first-order chi connectivity index (χ1) is 13.3. The standard InChI is InChI=1S/C18H15ClF3N5O/c19-15-9-13(17(28)24-12-2-3-14(20)11(8-12)10-23)16(26-25-15)27-6-1-4-18(21,22)5-7-27/h2-3,8-9H,1,4-7H2,(H,24,28). The number of anilines is 2. The van der Waals surface area contributed by atoms with Crippen LogP contribution in [0, 0.1) is 17.1 Å². The number of nitrogens with one attached hydrogen (secondary N) is 1. The molecule has 146 valence electrons. The lowest BCUT2D eigenvalue weighted by atomic mass is 10.1. The topological polar surface area (TPSA) is 81.9 Å². The minimum atomic E-state index is -2.77. The average molecular weight is 410 g/mol. The lowest BCUT2D eigenvalue weighted by Gasteiger charge is -2.23. The number of carbonyl (C=O) groups excluding carboxylic acids is 1. The van der Waals surface area contributed by atoms with Gasteiger partial charge in [-0.25, -0.2) is 13.2 Å². The van der Waals surface area contributed by atoms with Crippen LogP contribution in [0.15, 0.2) is 24.3 Å². The monoisotopic (exact) mass is 409 g/mol. The number of benzene rings is 1. The summed E-state index contributed by atoms with van der Waals surface area (Å²) in [4.78, 5) is 14.3. The number of nitrogens with zero attached hydrogens (tertiary/aromatic N) is 4. The van der Waals surface area contributed by atoms with E-state index in [-0.39, 0.29) is 53.6 Å². The fourth-order valence-corrected chi connectivity index (χ4v) is 3.07. The third-order valence-electron chi connectivity index (χ3n) is 4.35. The zero-order chi connectivity index (χ0) is 20.3. The summed E-state index contributed by atoms with van der Waals surface area (Å²) in [5, 5.41) is 19.1. The van der Waals surface area contributed by atoms with Crippen molar-refractivity contribution >= 4 is 29.0 Å². The molecule has 0 aliphatic carbocycles. The van der Waals surface area contributed by atoms with Gasteiger partial charge < -0.3 is 10.2 Å². The Morgan fingerprint density at radius 3 is 2.79 bits per heavy atom. The molecule has 1 aromatic heterocycles. The van der Waals surface area contributed by atoms with Gasteiger partial charge in [-0.3, -0.25) is 4.79 Å². The summed E-state index contributed by atoms with van der Waals surface area (Å²) in [6.45, 7) is 0.306. The second-order valence-corrected chi connectivity index (χ2v) is 6.75. The van der Waals surface area contributed by atoms with E-state index in [0.29, 0.717) is 6.54 Å². The van der Waals surface area contributed by atoms with E-state index in [0.717, 1.165) is 6.07 Å². The average Bonchev–Trinajstić information content (AvgIpc) is 2.83. The smallest absolute Gasteiger partial charge is 0.259 e. The molecule has 0 spiro atoms. The second kappa shape index (κ2) is 8.02. The fourth-order valence-electron chi connectivity index (χ4n) is 2.93. The number of aromatic nitrogens is 2. The van der Waals surface area contributed by atoms with E-state index in [2.05, 4.69) is 15.5 Å². The van der Waals surface area contributed by atoms with E-state index in [1.807, 2.05) is 0 Å². The van der Waals surface area contributed by atoms with Crippen LogP contribution in [0.25, 0.3) is 0 Å². The molecule has 0 radical (unpaired) electrons. The molecule has 1 aliphatic heterocycles. The number of nitriles is 1. The van der Waals surface area contributed by atoms with Gasteiger partial charge in [0, 0.05) is 31.6 Å². The maximum atomic E-state index is 13.6. The predicted molar refractivity (Wildman–Crippen MR) is 97.1 cm³/mol. The summed E-state index contributed by atoms with van der Waals surface area (Å²) in [5.41, 5.74) is 0.0240. The molecule has 2 heterocycles. The third kappa shape index (κ3) is 4.51. The van der Waals surface area contributed by atoms with Gasteiger partial charge in [0.1, 0.15) is 11.9 Å². The number of halogens is 4. The van der Waals surface area contributed by atoms with Crippen LogP contribution in [0.3, 0.4) is 0 Å². The molecule has 1 fully saturated rings. The van der Waals surface area contributed by atoms with Crippen LogP contribution in [-0.4, -0.2) is 35.1 Å². The molecule has 10 heteroatoms. The van der Waals surface area contributed by atoms with Crippen LogP contribution in [0.2, 0.25) is 5.15 Å². The Labute approximate surface area is 163 Å². The molecule has 3 rings (SSSR count). The largest absolute Gasteiger partial charge is 0.354 e. The van der Waals surface area contributed by atoms with Crippen molar-refractivity contribution in [2.45, 2.75) is 25.2 Å². The number of alkyl halides is 2. The number of carbonyl (C=O) groups is 1. The van der Waals surface area contributed by atoms with E-state index in [1.165, 1.54) is 18.2 Å². The number of rotatable bonds is 3. The molecule has 28 heavy (non-hydrogen) atoms. The van der Waals surface area contributed by atoms with Gasteiger partial charge in [-0.2, -0.15) is 5.26 Å². The highest BCUT2D eigenvalue weighted by Gasteiger charge is 2.33. The maximum absolute atomic E-state index is 13.6. The molecule has 0 unspecified atom stereocenters. The molecule has 1 saturated heterocycles. The minimum absolute atomic E-state index is 0.0126. The van der Waals surface area contributed by atoms with Crippen LogP contribution in [0.4, 0.5) is 24.7 Å². The van der Waals surface area contributed by atoms with Gasteiger partial charge in [0.15, 0.2) is 11.0 Å². The Kier molecular flexibility index (Phi) is 5.70. The Balaban J connectivity index is 1.88. The van der Waals surface area contributed by atoms with Crippen LogP contribution < -0.4 is 10.2 Å². The first-order valence-electron chi connectivity index (χ1n) is 8.46. The highest BCUT2D eigenvalue weighted by Crippen LogP contribution is 2.31. The number of hydrogen-bond donors (Lipinski definition) is 1. The molecule has 1 amide bonds. The van der Waals surface area contributed by atoms with Crippen molar-refractivity contribution in [2.75, 3.05) is 23.3 Å². The lowest BCUT2D eigenvalue weighted by molar-refractivity contribution is -0.0102. The van der Waals surface area contributed by atoms with Crippen molar-refractivity contribution in [2.24, 2.45) is 0 Å². The molecule has 2 aromatic rings. The Hall–Kier alpha value is -2.86. The first kappa shape index (κ1) is 19.9. The summed E-state index contributed by atoms with van der Waals surface area (Å²) < 4.78 is 40.7. The van der Waals surface area contributed by atoms with Gasteiger partial charge in [0.2, 0.25) is 5.92 Å². The summed E-state index contributed by atoms with van der Waals surface area (Å²) in [5.74, 6) is -3.96. The molecule has 6 nitrogen and oxygen atoms in total. The highest BCUT2D eigenvalue weighted by molar-refractivity contribution is 6.30. The van der Waals surface area contributed by atoms with Gasteiger partial charge in [-0.1, -0.05) is 11.6 Å². The van der Waals surface area contributed by atoms with Crippen molar-refractivity contribution in [1.82, 2.24) is 10.2 Å². The zero-order valence-corrected chi connectivity index (χ0v) is 15.3. The lowest BCUT2D eigenvalue weighted by Crippen LogP contribution is -2.29. The van der Waals surface area contributed by atoms with Crippen molar-refractivity contribution < 1.29 is 18.0 Å². The van der Waals surface area contributed by atoms with Crippen LogP contribution in [-0.2, 0) is 0 Å². The van der Waals surface area contributed by atoms with Gasteiger partial charge >= 0.3 is 0 Å². The van der Waals surface area contributed by atoms with Crippen molar-refractivity contribution in [3.63, 3.8) is 0 Å². The van der Waals surface area contributed by atoms with E-state index < -0.39 is 17.6 Å². The third-order valence-corrected chi connectivity index (χ3v) is 4.54. The molecule has 0 atom stereocenters. The molecular weight excluding hydrogens is 395 g/mol. The SMILES string of the molecule is N#Cc1cc(NC(=O)c2cc(Cl)nnc2N2CCCC(F)(F)CC2)ccc1F. The molecular formula is C18H15ClF3N5O. The summed E-state index contributed by atoms with van der Waals surface area (Å²) >= 11 is 5.86. The van der Waals surface area contributed by atoms with Crippen LogP contribution >= 0.6 is 11.6 Å². The molecule has 0 bridgehead atoms. The summed E-state index contributed by atoms with van der Waals surface area (Å²) in [6, 6.07) is 6.53. The van der Waals surface area contributed by atoms with Crippen molar-refractivity contribution in [3.05, 3.63) is 46.4 Å². The van der Waals surface area contributed by atoms with Crippen molar-refractivity contribution in [3.8, 4) is 6.07 Å². The first-order valence-corrected chi connectivity index (χ1v) is 8.84. The van der Waals surface area contributed by atoms with E-state index in [1.54, 1.807) is 11.0 Å². The molecule has 1 aliphatic rings. The molecule has 1 aromatic carbocycles. The summed E-state index contributed by atoms with van der Waals surface area (Å²) in [6.07, 6.45) is -0.359. The Morgan fingerprint density at radius 1 is 1.25 bits per heavy atom. The van der Waals surface area contributed by atoms with Crippen LogP contribution in [0.5, 0.6) is 0 Å². The normalized spacial score (nSPS) is 16.2. The Morgan fingerprint density at radius 2 is 2.04 bits per heavy atom. The number of amides is 1. The summed E-state index contributed by atoms with van der Waals surface area (Å²) in [7, 11) is 0. The molecule has 1 N–H and O–H groups in total. The predicted octanol–water partition coefficient (Wildman–Crippen LogP) is 4.02. The maximum Gasteiger partial charge on any atom is 0.259 e.